The highest BCUT2D eigenvalue weighted by atomic mass is 32.2. The molecule has 30 heavy (non-hydrogen) atoms. The molecule has 3 aromatic heterocycles. The van der Waals surface area contributed by atoms with Crippen LogP contribution in [0.4, 0.5) is 11.5 Å². The predicted octanol–water partition coefficient (Wildman–Crippen LogP) is 4.03. The molecule has 0 aliphatic heterocycles. The van der Waals surface area contributed by atoms with Gasteiger partial charge in [-0.25, -0.2) is 9.97 Å². The van der Waals surface area contributed by atoms with Crippen LogP contribution in [0, 0.1) is 0 Å². The van der Waals surface area contributed by atoms with Crippen LogP contribution in [-0.4, -0.2) is 34.7 Å². The second-order valence-corrected chi connectivity index (χ2v) is 9.05. The Kier molecular flexibility index (Phi) is 4.37. The van der Waals surface area contributed by atoms with Gasteiger partial charge in [-0.05, 0) is 30.3 Å². The molecule has 0 fully saturated rings. The van der Waals surface area contributed by atoms with Gasteiger partial charge >= 0.3 is 0 Å². The minimum absolute atomic E-state index is 0.0412. The largest absolute Gasteiger partial charge is 0.495 e. The Morgan fingerprint density at radius 1 is 1.07 bits per heavy atom. The Bertz CT molecular complexity index is 1490. The first-order chi connectivity index (χ1) is 14.6. The number of aromatic nitrogens is 4. The van der Waals surface area contributed by atoms with Crippen LogP contribution in [-0.2, 0) is 10.0 Å². The van der Waals surface area contributed by atoms with Crippen molar-refractivity contribution in [3.05, 3.63) is 66.4 Å². The van der Waals surface area contributed by atoms with Gasteiger partial charge in [-0.15, -0.1) is 11.3 Å². The zero-order valence-corrected chi connectivity index (χ0v) is 17.3. The number of methoxy groups -OCH3 is 1. The maximum atomic E-state index is 13.2. The molecule has 0 aliphatic carbocycles. The monoisotopic (exact) mass is 437 g/mol. The van der Waals surface area contributed by atoms with Crippen LogP contribution < -0.4 is 10.1 Å². The number of pyridine rings is 1. The zero-order chi connectivity index (χ0) is 20.7. The summed E-state index contributed by atoms with van der Waals surface area (Å²) < 4.78 is 33.8. The Labute approximate surface area is 175 Å². The molecule has 2 aromatic carbocycles. The van der Waals surface area contributed by atoms with Crippen LogP contribution >= 0.6 is 11.3 Å². The lowest BCUT2D eigenvalue weighted by Crippen LogP contribution is -2.15. The fraction of sp³-hybridized carbons (Fsp3) is 0.0500. The molecule has 1 N–H and O–H groups in total. The van der Waals surface area contributed by atoms with Gasteiger partial charge in [0.1, 0.15) is 16.5 Å². The van der Waals surface area contributed by atoms with Crippen molar-refractivity contribution in [3.63, 3.8) is 0 Å². The average Bonchev–Trinajstić information content (AvgIpc) is 3.40. The number of fused-ring (bicyclic) bond motifs is 2. The molecule has 5 rings (SSSR count). The van der Waals surface area contributed by atoms with Gasteiger partial charge in [-0.2, -0.15) is 17.6 Å². The van der Waals surface area contributed by atoms with E-state index < -0.39 is 10.0 Å². The summed E-state index contributed by atoms with van der Waals surface area (Å²) >= 11 is 1.55. The van der Waals surface area contributed by atoms with Gasteiger partial charge in [0.05, 0.1) is 34.6 Å². The molecule has 10 heteroatoms. The number of rotatable bonds is 5. The van der Waals surface area contributed by atoms with Crippen LogP contribution in [0.1, 0.15) is 0 Å². The Morgan fingerprint density at radius 3 is 2.80 bits per heavy atom. The fourth-order valence-electron chi connectivity index (χ4n) is 3.16. The molecule has 8 nitrogen and oxygen atoms in total. The van der Waals surface area contributed by atoms with Crippen LogP contribution in [0.25, 0.3) is 21.1 Å². The highest BCUT2D eigenvalue weighted by Crippen LogP contribution is 2.29. The molecule has 0 saturated heterocycles. The van der Waals surface area contributed by atoms with Gasteiger partial charge in [-0.3, -0.25) is 0 Å². The number of hydrogen-bond acceptors (Lipinski definition) is 8. The van der Waals surface area contributed by atoms with E-state index in [4.69, 9.17) is 4.74 Å². The van der Waals surface area contributed by atoms with E-state index in [0.717, 1.165) is 20.0 Å². The fourth-order valence-corrected chi connectivity index (χ4v) is 5.31. The predicted molar refractivity (Wildman–Crippen MR) is 116 cm³/mol. The quantitative estimate of drug-likeness (QED) is 0.443. The summed E-state index contributed by atoms with van der Waals surface area (Å²) in [4.78, 5) is 8.69. The van der Waals surface area contributed by atoms with Gasteiger partial charge in [0.15, 0.2) is 0 Å². The SMILES string of the molecule is COc1ccccc1S(=O)(=O)n1ncc2cnc(Nc3ccc4ncsc4c3)cc21. The number of anilines is 2. The summed E-state index contributed by atoms with van der Waals surface area (Å²) in [5.74, 6) is 0.759. The minimum Gasteiger partial charge on any atom is -0.495 e. The van der Waals surface area contributed by atoms with E-state index in [1.165, 1.54) is 19.4 Å². The van der Waals surface area contributed by atoms with Crippen LogP contribution in [0.2, 0.25) is 0 Å². The summed E-state index contributed by atoms with van der Waals surface area (Å²) in [5, 5.41) is 7.92. The van der Waals surface area contributed by atoms with Crippen molar-refractivity contribution in [1.29, 1.82) is 0 Å². The van der Waals surface area contributed by atoms with Crippen LogP contribution in [0.15, 0.2) is 71.3 Å². The van der Waals surface area contributed by atoms with Crippen molar-refractivity contribution in [2.45, 2.75) is 4.90 Å². The first-order valence-electron chi connectivity index (χ1n) is 8.89. The third kappa shape index (κ3) is 3.06. The normalized spacial score (nSPS) is 11.8. The zero-order valence-electron chi connectivity index (χ0n) is 15.7. The number of para-hydroxylation sites is 1. The van der Waals surface area contributed by atoms with Gasteiger partial charge in [0.25, 0.3) is 10.0 Å². The van der Waals surface area contributed by atoms with Crippen molar-refractivity contribution >= 4 is 54.0 Å². The van der Waals surface area contributed by atoms with Crippen molar-refractivity contribution in [2.24, 2.45) is 0 Å². The van der Waals surface area contributed by atoms with Crippen molar-refractivity contribution in [2.75, 3.05) is 12.4 Å². The number of nitrogens with zero attached hydrogens (tertiary/aromatic N) is 4. The van der Waals surface area contributed by atoms with Gasteiger partial charge in [0.2, 0.25) is 0 Å². The summed E-state index contributed by atoms with van der Waals surface area (Å²) in [6.07, 6.45) is 3.06. The summed E-state index contributed by atoms with van der Waals surface area (Å²) in [6.45, 7) is 0. The minimum atomic E-state index is -3.96. The van der Waals surface area contributed by atoms with Gasteiger partial charge in [0, 0.05) is 23.3 Å². The summed E-state index contributed by atoms with van der Waals surface area (Å²) in [7, 11) is -2.53. The lowest BCUT2D eigenvalue weighted by atomic mass is 10.3. The van der Waals surface area contributed by atoms with Crippen molar-refractivity contribution in [3.8, 4) is 5.75 Å². The maximum Gasteiger partial charge on any atom is 0.287 e. The third-order valence-corrected chi connectivity index (χ3v) is 7.03. The molecule has 0 amide bonds. The highest BCUT2D eigenvalue weighted by Gasteiger charge is 2.24. The highest BCUT2D eigenvalue weighted by molar-refractivity contribution is 7.90. The molecule has 5 aromatic rings. The van der Waals surface area contributed by atoms with Crippen molar-refractivity contribution < 1.29 is 13.2 Å². The number of thiazole rings is 1. The second kappa shape index (κ2) is 7.08. The molecule has 0 radical (unpaired) electrons. The standard InChI is InChI=1S/C20H15N5O3S2/c1-28-17-4-2-3-5-19(17)30(26,27)25-16-9-20(21-10-13(16)11-23-25)24-14-6-7-15-18(8-14)29-12-22-15/h2-12H,1H3,(H,21,24). The number of hydrogen-bond donors (Lipinski definition) is 1. The molecule has 0 bridgehead atoms. The Hall–Kier alpha value is -3.50. The average molecular weight is 438 g/mol. The van der Waals surface area contributed by atoms with E-state index in [9.17, 15) is 8.42 Å². The molecule has 0 aliphatic rings. The molecule has 0 atom stereocenters. The van der Waals surface area contributed by atoms with E-state index in [1.54, 1.807) is 47.3 Å². The lowest BCUT2D eigenvalue weighted by molar-refractivity contribution is 0.402. The van der Waals surface area contributed by atoms with Crippen molar-refractivity contribution in [1.82, 2.24) is 19.2 Å². The van der Waals surface area contributed by atoms with Crippen LogP contribution in [0.5, 0.6) is 5.75 Å². The molecule has 0 saturated carbocycles. The third-order valence-electron chi connectivity index (χ3n) is 4.60. The lowest BCUT2D eigenvalue weighted by Gasteiger charge is -2.11. The smallest absolute Gasteiger partial charge is 0.287 e. The van der Waals surface area contributed by atoms with Gasteiger partial charge < -0.3 is 10.1 Å². The Morgan fingerprint density at radius 2 is 1.93 bits per heavy atom. The molecule has 0 unspecified atom stereocenters. The molecular formula is C20H15N5O3S2. The number of benzene rings is 2. The molecule has 0 spiro atoms. The summed E-state index contributed by atoms with van der Waals surface area (Å²) in [6, 6.07) is 13.9. The summed E-state index contributed by atoms with van der Waals surface area (Å²) in [5.41, 5.74) is 3.96. The molecular weight excluding hydrogens is 422 g/mol. The first-order valence-corrected chi connectivity index (χ1v) is 11.2. The molecule has 150 valence electrons. The Balaban J connectivity index is 1.57. The van der Waals surface area contributed by atoms with E-state index in [0.29, 0.717) is 16.7 Å². The second-order valence-electron chi connectivity index (χ2n) is 6.43. The van der Waals surface area contributed by atoms with E-state index in [2.05, 4.69) is 20.4 Å². The van der Waals surface area contributed by atoms with E-state index >= 15 is 0 Å². The molecule has 3 heterocycles. The number of nitrogens with one attached hydrogen (secondary N) is 1. The van der Waals surface area contributed by atoms with E-state index in [1.807, 2.05) is 18.2 Å². The van der Waals surface area contributed by atoms with Gasteiger partial charge in [-0.1, -0.05) is 12.1 Å². The topological polar surface area (TPSA) is 99.0 Å². The van der Waals surface area contributed by atoms with Crippen LogP contribution in [0.3, 0.4) is 0 Å². The maximum absolute atomic E-state index is 13.2. The first kappa shape index (κ1) is 18.5. The van der Waals surface area contributed by atoms with E-state index in [-0.39, 0.29) is 10.6 Å². The number of ether oxygens (including phenoxy) is 1.